The van der Waals surface area contributed by atoms with Crippen molar-refractivity contribution in [3.8, 4) is 0 Å². The maximum atomic E-state index is 11.6. The average Bonchev–Trinajstić information content (AvgIpc) is 2.07. The Morgan fingerprint density at radius 2 is 2.33 bits per heavy atom. The quantitative estimate of drug-likeness (QED) is 0.772. The van der Waals surface area contributed by atoms with Gasteiger partial charge in [-0.15, -0.1) is 0 Å². The second kappa shape index (κ2) is 3.88. The number of rotatable bonds is 2. The Labute approximate surface area is 88.9 Å². The van der Waals surface area contributed by atoms with Crippen molar-refractivity contribution in [1.29, 1.82) is 0 Å². The van der Waals surface area contributed by atoms with Gasteiger partial charge in [0.25, 0.3) is 0 Å². The van der Waals surface area contributed by atoms with E-state index in [-0.39, 0.29) is 11.8 Å². The van der Waals surface area contributed by atoms with Gasteiger partial charge in [-0.3, -0.25) is 4.79 Å². The Hall–Kier alpha value is -1.58. The zero-order chi connectivity index (χ0) is 10.8. The Morgan fingerprint density at radius 1 is 1.60 bits per heavy atom. The first-order valence-electron chi connectivity index (χ1n) is 5.20. The molecule has 0 saturated heterocycles. The van der Waals surface area contributed by atoms with E-state index in [0.717, 1.165) is 24.8 Å². The number of nitrogens with one attached hydrogen (secondary N) is 1. The van der Waals surface area contributed by atoms with Crippen molar-refractivity contribution in [2.45, 2.75) is 26.2 Å². The highest BCUT2D eigenvalue weighted by Crippen LogP contribution is 2.27. The third-order valence-electron chi connectivity index (χ3n) is 2.82. The number of nitrogen functional groups attached to an aromatic ring is 1. The van der Waals surface area contributed by atoms with Crippen molar-refractivity contribution in [2.24, 2.45) is 5.92 Å². The molecule has 0 atom stereocenters. The highest BCUT2D eigenvalue weighted by Gasteiger charge is 2.25. The van der Waals surface area contributed by atoms with Crippen LogP contribution in [0.25, 0.3) is 0 Å². The van der Waals surface area contributed by atoms with Gasteiger partial charge in [-0.2, -0.15) is 0 Å². The van der Waals surface area contributed by atoms with E-state index in [1.165, 1.54) is 0 Å². The molecule has 1 aliphatic carbocycles. The van der Waals surface area contributed by atoms with E-state index >= 15 is 0 Å². The van der Waals surface area contributed by atoms with Crippen LogP contribution in [0.5, 0.6) is 0 Å². The predicted molar refractivity (Wildman–Crippen MR) is 59.4 cm³/mol. The molecule has 0 radical (unpaired) electrons. The van der Waals surface area contributed by atoms with Crippen LogP contribution in [0.15, 0.2) is 12.3 Å². The molecule has 15 heavy (non-hydrogen) atoms. The topological polar surface area (TPSA) is 68.0 Å². The van der Waals surface area contributed by atoms with Gasteiger partial charge >= 0.3 is 0 Å². The van der Waals surface area contributed by atoms with E-state index in [4.69, 9.17) is 5.73 Å². The number of anilines is 2. The number of carbonyl (C=O) groups is 1. The van der Waals surface area contributed by atoms with Crippen molar-refractivity contribution < 1.29 is 4.79 Å². The van der Waals surface area contributed by atoms with Crippen LogP contribution in [0.4, 0.5) is 11.5 Å². The van der Waals surface area contributed by atoms with Gasteiger partial charge in [0.1, 0.15) is 5.82 Å². The molecule has 0 bridgehead atoms. The van der Waals surface area contributed by atoms with Crippen LogP contribution >= 0.6 is 0 Å². The number of pyridine rings is 1. The van der Waals surface area contributed by atoms with Crippen LogP contribution in [0, 0.1) is 12.8 Å². The molecule has 1 saturated carbocycles. The van der Waals surface area contributed by atoms with Gasteiger partial charge in [0.05, 0.1) is 11.9 Å². The number of aryl methyl sites for hydroxylation is 1. The van der Waals surface area contributed by atoms with E-state index in [0.29, 0.717) is 11.5 Å². The summed E-state index contributed by atoms with van der Waals surface area (Å²) in [7, 11) is 0. The molecule has 0 spiro atoms. The van der Waals surface area contributed by atoms with E-state index in [2.05, 4.69) is 10.3 Å². The minimum absolute atomic E-state index is 0.0848. The second-order valence-corrected chi connectivity index (χ2v) is 4.05. The van der Waals surface area contributed by atoms with Crippen molar-refractivity contribution in [1.82, 2.24) is 4.98 Å². The summed E-state index contributed by atoms with van der Waals surface area (Å²) in [6.45, 7) is 1.89. The van der Waals surface area contributed by atoms with Gasteiger partial charge in [0.2, 0.25) is 5.91 Å². The van der Waals surface area contributed by atoms with Crippen molar-refractivity contribution in [3.05, 3.63) is 17.8 Å². The van der Waals surface area contributed by atoms with Gasteiger partial charge < -0.3 is 11.1 Å². The molecule has 0 aromatic carbocycles. The molecule has 1 aromatic rings. The summed E-state index contributed by atoms with van der Waals surface area (Å²) in [6.07, 6.45) is 4.72. The zero-order valence-electron chi connectivity index (χ0n) is 8.79. The second-order valence-electron chi connectivity index (χ2n) is 4.05. The number of hydrogen-bond donors (Lipinski definition) is 2. The fourth-order valence-electron chi connectivity index (χ4n) is 1.62. The van der Waals surface area contributed by atoms with Gasteiger partial charge in [-0.05, 0) is 31.4 Å². The third kappa shape index (κ3) is 2.09. The lowest BCUT2D eigenvalue weighted by atomic mass is 9.85. The molecule has 3 N–H and O–H groups in total. The van der Waals surface area contributed by atoms with Crippen LogP contribution < -0.4 is 11.1 Å². The molecular weight excluding hydrogens is 190 g/mol. The maximum Gasteiger partial charge on any atom is 0.228 e. The molecule has 1 fully saturated rings. The number of carbonyl (C=O) groups excluding carboxylic acids is 1. The van der Waals surface area contributed by atoms with Crippen LogP contribution in [0.2, 0.25) is 0 Å². The minimum Gasteiger partial charge on any atom is -0.397 e. The first-order valence-corrected chi connectivity index (χ1v) is 5.20. The zero-order valence-corrected chi connectivity index (χ0v) is 8.79. The van der Waals surface area contributed by atoms with Crippen LogP contribution in [0.1, 0.15) is 24.8 Å². The summed E-state index contributed by atoms with van der Waals surface area (Å²) in [5, 5.41) is 2.83. The normalized spacial score (nSPS) is 15.8. The van der Waals surface area contributed by atoms with Crippen molar-refractivity contribution in [2.75, 3.05) is 11.1 Å². The summed E-state index contributed by atoms with van der Waals surface area (Å²) in [5.41, 5.74) is 7.11. The van der Waals surface area contributed by atoms with E-state index in [1.54, 1.807) is 6.20 Å². The lowest BCUT2D eigenvalue weighted by Crippen LogP contribution is -2.28. The van der Waals surface area contributed by atoms with Crippen LogP contribution in [0.3, 0.4) is 0 Å². The third-order valence-corrected chi connectivity index (χ3v) is 2.82. The predicted octanol–water partition coefficient (Wildman–Crippen LogP) is 1.71. The van der Waals surface area contributed by atoms with Crippen LogP contribution in [-0.2, 0) is 4.79 Å². The minimum atomic E-state index is 0.0848. The smallest absolute Gasteiger partial charge is 0.228 e. The largest absolute Gasteiger partial charge is 0.397 e. The molecular formula is C11H15N3O. The van der Waals surface area contributed by atoms with Crippen LogP contribution in [-0.4, -0.2) is 10.9 Å². The summed E-state index contributed by atoms with van der Waals surface area (Å²) < 4.78 is 0. The Balaban J connectivity index is 2.06. The highest BCUT2D eigenvalue weighted by molar-refractivity contribution is 5.92. The van der Waals surface area contributed by atoms with E-state index in [1.807, 2.05) is 13.0 Å². The van der Waals surface area contributed by atoms with Crippen molar-refractivity contribution >= 4 is 17.4 Å². The number of nitrogens with zero attached hydrogens (tertiary/aromatic N) is 1. The average molecular weight is 205 g/mol. The van der Waals surface area contributed by atoms with Gasteiger partial charge in [0, 0.05) is 5.92 Å². The fraction of sp³-hybridized carbons (Fsp3) is 0.455. The molecule has 80 valence electrons. The molecule has 1 heterocycles. The lowest BCUT2D eigenvalue weighted by molar-refractivity contribution is -0.122. The van der Waals surface area contributed by atoms with Gasteiger partial charge in [-0.1, -0.05) is 6.42 Å². The van der Waals surface area contributed by atoms with Gasteiger partial charge in [-0.25, -0.2) is 4.98 Å². The molecule has 1 amide bonds. The summed E-state index contributed by atoms with van der Waals surface area (Å²) in [4.78, 5) is 15.8. The number of amides is 1. The Kier molecular flexibility index (Phi) is 2.58. The number of aromatic nitrogens is 1. The SMILES string of the molecule is Cc1cc(N)cnc1NC(=O)C1CCC1. The maximum absolute atomic E-state index is 11.6. The standard InChI is InChI=1S/C11H15N3O/c1-7-5-9(12)6-13-10(7)14-11(15)8-3-2-4-8/h5-6,8H,2-4,12H2,1H3,(H,13,14,15). The molecule has 1 aliphatic rings. The molecule has 4 heteroatoms. The molecule has 1 aromatic heterocycles. The summed E-state index contributed by atoms with van der Waals surface area (Å²) in [5.74, 6) is 0.895. The highest BCUT2D eigenvalue weighted by atomic mass is 16.2. The summed E-state index contributed by atoms with van der Waals surface area (Å²) >= 11 is 0. The van der Waals surface area contributed by atoms with E-state index < -0.39 is 0 Å². The van der Waals surface area contributed by atoms with Gasteiger partial charge in [0.15, 0.2) is 0 Å². The molecule has 4 nitrogen and oxygen atoms in total. The Morgan fingerprint density at radius 3 is 2.87 bits per heavy atom. The lowest BCUT2D eigenvalue weighted by Gasteiger charge is -2.24. The molecule has 0 unspecified atom stereocenters. The summed E-state index contributed by atoms with van der Waals surface area (Å²) in [6, 6.07) is 1.81. The first-order chi connectivity index (χ1) is 7.16. The number of hydrogen-bond acceptors (Lipinski definition) is 3. The first kappa shape index (κ1) is 9.96. The molecule has 0 aliphatic heterocycles. The Bertz CT molecular complexity index is 385. The molecule has 2 rings (SSSR count). The monoisotopic (exact) mass is 205 g/mol. The van der Waals surface area contributed by atoms with E-state index in [9.17, 15) is 4.79 Å². The fourth-order valence-corrected chi connectivity index (χ4v) is 1.62. The van der Waals surface area contributed by atoms with Crippen molar-refractivity contribution in [3.63, 3.8) is 0 Å². The number of nitrogens with two attached hydrogens (primary N) is 1.